The fraction of sp³-hybridized carbons (Fsp3) is 0.600. The molecule has 2 rings (SSSR count). The molecule has 0 saturated heterocycles. The van der Waals surface area contributed by atoms with E-state index in [1.165, 1.54) is 18.4 Å². The Balaban J connectivity index is 1.97. The first-order valence-corrected chi connectivity index (χ1v) is 6.87. The van der Waals surface area contributed by atoms with E-state index in [9.17, 15) is 0 Å². The maximum atomic E-state index is 5.86. The van der Waals surface area contributed by atoms with E-state index in [2.05, 4.69) is 16.3 Å². The summed E-state index contributed by atoms with van der Waals surface area (Å²) in [5.41, 5.74) is 1.17. The second kappa shape index (κ2) is 6.78. The van der Waals surface area contributed by atoms with Gasteiger partial charge in [-0.2, -0.15) is 0 Å². The van der Waals surface area contributed by atoms with Gasteiger partial charge in [-0.3, -0.25) is 0 Å². The van der Waals surface area contributed by atoms with Gasteiger partial charge in [-0.1, -0.05) is 0 Å². The van der Waals surface area contributed by atoms with Crippen LogP contribution in [0.25, 0.3) is 0 Å². The summed E-state index contributed by atoms with van der Waals surface area (Å²) in [6.45, 7) is 2.47. The number of likely N-dealkylation sites (N-methyl/N-ethyl adjacent to an activating group) is 1. The minimum Gasteiger partial charge on any atom is -0.497 e. The summed E-state index contributed by atoms with van der Waals surface area (Å²) in [5.74, 6) is 1.84. The van der Waals surface area contributed by atoms with Gasteiger partial charge in [0.1, 0.15) is 18.1 Å². The largest absolute Gasteiger partial charge is 0.497 e. The van der Waals surface area contributed by atoms with E-state index >= 15 is 0 Å². The number of ether oxygens (including phenoxy) is 2. The molecule has 1 fully saturated rings. The summed E-state index contributed by atoms with van der Waals surface area (Å²) < 4.78 is 11.1. The third kappa shape index (κ3) is 4.73. The molecule has 0 amide bonds. The molecule has 0 heterocycles. The quantitative estimate of drug-likeness (QED) is 0.777. The van der Waals surface area contributed by atoms with Crippen molar-refractivity contribution in [3.05, 3.63) is 23.8 Å². The van der Waals surface area contributed by atoms with Crippen LogP contribution in [0.4, 0.5) is 0 Å². The zero-order valence-electron chi connectivity index (χ0n) is 12.1. The molecule has 0 radical (unpaired) electrons. The summed E-state index contributed by atoms with van der Waals surface area (Å²) in [7, 11) is 5.79. The number of nitrogens with zero attached hydrogens (tertiary/aromatic N) is 1. The van der Waals surface area contributed by atoms with Gasteiger partial charge in [0.15, 0.2) is 0 Å². The lowest BCUT2D eigenvalue weighted by Gasteiger charge is -2.15. The van der Waals surface area contributed by atoms with Crippen molar-refractivity contribution < 1.29 is 9.47 Å². The predicted molar refractivity (Wildman–Crippen MR) is 76.9 cm³/mol. The lowest BCUT2D eigenvalue weighted by molar-refractivity contribution is 0.258. The van der Waals surface area contributed by atoms with E-state index in [1.54, 1.807) is 7.11 Å². The monoisotopic (exact) mass is 264 g/mol. The lowest BCUT2D eigenvalue weighted by atomic mass is 10.2. The van der Waals surface area contributed by atoms with E-state index in [0.717, 1.165) is 24.6 Å². The summed E-state index contributed by atoms with van der Waals surface area (Å²) in [5, 5.41) is 3.52. The topological polar surface area (TPSA) is 33.7 Å². The average Bonchev–Trinajstić information content (AvgIpc) is 3.21. The zero-order chi connectivity index (χ0) is 13.7. The smallest absolute Gasteiger partial charge is 0.124 e. The fourth-order valence-corrected chi connectivity index (χ4v) is 1.84. The molecule has 0 bridgehead atoms. The van der Waals surface area contributed by atoms with Crippen LogP contribution in [-0.4, -0.2) is 45.3 Å². The second-order valence-electron chi connectivity index (χ2n) is 5.28. The van der Waals surface area contributed by atoms with E-state index in [1.807, 2.05) is 26.2 Å². The van der Waals surface area contributed by atoms with Crippen LogP contribution in [0, 0.1) is 0 Å². The molecule has 0 unspecified atom stereocenters. The van der Waals surface area contributed by atoms with Gasteiger partial charge in [-0.25, -0.2) is 0 Å². The van der Waals surface area contributed by atoms with Crippen LogP contribution in [0.15, 0.2) is 18.2 Å². The van der Waals surface area contributed by atoms with Gasteiger partial charge < -0.3 is 19.7 Å². The number of nitrogens with one attached hydrogen (secondary N) is 1. The van der Waals surface area contributed by atoms with Crippen molar-refractivity contribution in [1.82, 2.24) is 10.2 Å². The first-order chi connectivity index (χ1) is 9.19. The van der Waals surface area contributed by atoms with Crippen LogP contribution < -0.4 is 14.8 Å². The van der Waals surface area contributed by atoms with Crippen LogP contribution in [-0.2, 0) is 6.54 Å². The van der Waals surface area contributed by atoms with Crippen molar-refractivity contribution in [3.8, 4) is 11.5 Å². The molecule has 1 N–H and O–H groups in total. The minimum absolute atomic E-state index is 0.695. The standard InChI is InChI=1S/C15H24N2O2/c1-17(2)8-9-19-15-7-6-14(18-3)10-12(15)11-16-13-4-5-13/h6-7,10,13,16H,4-5,8-9,11H2,1-3H3. The van der Waals surface area contributed by atoms with Gasteiger partial charge >= 0.3 is 0 Å². The highest BCUT2D eigenvalue weighted by molar-refractivity contribution is 5.40. The van der Waals surface area contributed by atoms with Crippen LogP contribution in [0.5, 0.6) is 11.5 Å². The Hall–Kier alpha value is -1.26. The average molecular weight is 264 g/mol. The summed E-state index contributed by atoms with van der Waals surface area (Å²) >= 11 is 0. The van der Waals surface area contributed by atoms with Crippen LogP contribution in [0.1, 0.15) is 18.4 Å². The molecule has 1 aliphatic rings. The summed E-state index contributed by atoms with van der Waals surface area (Å²) in [6.07, 6.45) is 2.58. The van der Waals surface area contributed by atoms with E-state index in [0.29, 0.717) is 12.6 Å². The molecule has 1 saturated carbocycles. The molecule has 1 aliphatic carbocycles. The molecular formula is C15H24N2O2. The molecule has 106 valence electrons. The van der Waals surface area contributed by atoms with Crippen LogP contribution in [0.2, 0.25) is 0 Å². The maximum absolute atomic E-state index is 5.86. The number of rotatable bonds is 8. The SMILES string of the molecule is COc1ccc(OCCN(C)C)c(CNC2CC2)c1. The Bertz CT molecular complexity index is 403. The highest BCUT2D eigenvalue weighted by Gasteiger charge is 2.20. The van der Waals surface area contributed by atoms with Gasteiger partial charge in [-0.15, -0.1) is 0 Å². The Morgan fingerprint density at radius 2 is 2.11 bits per heavy atom. The summed E-state index contributed by atoms with van der Waals surface area (Å²) in [4.78, 5) is 2.12. The first kappa shape index (κ1) is 14.2. The molecular weight excluding hydrogens is 240 g/mol. The minimum atomic E-state index is 0.695. The number of hydrogen-bond acceptors (Lipinski definition) is 4. The van der Waals surface area contributed by atoms with Crippen LogP contribution >= 0.6 is 0 Å². The van der Waals surface area contributed by atoms with Crippen molar-refractivity contribution >= 4 is 0 Å². The van der Waals surface area contributed by atoms with Gasteiger partial charge in [0, 0.05) is 24.7 Å². The normalized spacial score (nSPS) is 14.7. The number of hydrogen-bond donors (Lipinski definition) is 1. The van der Waals surface area contributed by atoms with Gasteiger partial charge in [0.2, 0.25) is 0 Å². The Labute approximate surface area is 115 Å². The van der Waals surface area contributed by atoms with Crippen molar-refractivity contribution in [3.63, 3.8) is 0 Å². The lowest BCUT2D eigenvalue weighted by Crippen LogP contribution is -2.20. The van der Waals surface area contributed by atoms with Gasteiger partial charge in [-0.05, 0) is 45.1 Å². The third-order valence-electron chi connectivity index (χ3n) is 3.22. The van der Waals surface area contributed by atoms with Crippen molar-refractivity contribution in [1.29, 1.82) is 0 Å². The number of benzene rings is 1. The molecule has 1 aromatic carbocycles. The fourth-order valence-electron chi connectivity index (χ4n) is 1.84. The summed E-state index contributed by atoms with van der Waals surface area (Å²) in [6, 6.07) is 6.70. The highest BCUT2D eigenvalue weighted by atomic mass is 16.5. The second-order valence-corrected chi connectivity index (χ2v) is 5.28. The molecule has 0 aromatic heterocycles. The maximum Gasteiger partial charge on any atom is 0.124 e. The molecule has 4 nitrogen and oxygen atoms in total. The van der Waals surface area contributed by atoms with Gasteiger partial charge in [0.25, 0.3) is 0 Å². The zero-order valence-corrected chi connectivity index (χ0v) is 12.1. The van der Waals surface area contributed by atoms with Crippen molar-refractivity contribution in [2.45, 2.75) is 25.4 Å². The molecule has 0 atom stereocenters. The molecule has 0 spiro atoms. The molecule has 4 heteroatoms. The van der Waals surface area contributed by atoms with Gasteiger partial charge in [0.05, 0.1) is 7.11 Å². The third-order valence-corrected chi connectivity index (χ3v) is 3.22. The molecule has 1 aromatic rings. The molecule has 0 aliphatic heterocycles. The highest BCUT2D eigenvalue weighted by Crippen LogP contribution is 2.26. The van der Waals surface area contributed by atoms with E-state index in [-0.39, 0.29) is 0 Å². The molecule has 19 heavy (non-hydrogen) atoms. The van der Waals surface area contributed by atoms with Crippen molar-refractivity contribution in [2.24, 2.45) is 0 Å². The van der Waals surface area contributed by atoms with E-state index < -0.39 is 0 Å². The van der Waals surface area contributed by atoms with Crippen LogP contribution in [0.3, 0.4) is 0 Å². The Morgan fingerprint density at radius 1 is 1.32 bits per heavy atom. The number of methoxy groups -OCH3 is 1. The Kier molecular flexibility index (Phi) is 5.05. The first-order valence-electron chi connectivity index (χ1n) is 6.87. The Morgan fingerprint density at radius 3 is 2.74 bits per heavy atom. The predicted octanol–water partition coefficient (Wildman–Crippen LogP) is 1.89. The van der Waals surface area contributed by atoms with Crippen molar-refractivity contribution in [2.75, 3.05) is 34.4 Å². The van der Waals surface area contributed by atoms with E-state index in [4.69, 9.17) is 9.47 Å².